The molecule has 1 fully saturated rings. The first-order valence-corrected chi connectivity index (χ1v) is 11.1. The number of halogens is 3. The summed E-state index contributed by atoms with van der Waals surface area (Å²) in [5.41, 5.74) is 0.910. The van der Waals surface area contributed by atoms with Gasteiger partial charge in [0, 0.05) is 49.3 Å². The third-order valence-corrected chi connectivity index (χ3v) is 5.60. The lowest BCUT2D eigenvalue weighted by Gasteiger charge is -2.23. The quantitative estimate of drug-likeness (QED) is 0.542. The van der Waals surface area contributed by atoms with Crippen molar-refractivity contribution in [2.45, 2.75) is 12.6 Å². The molecule has 2 heterocycles. The average Bonchev–Trinajstić information content (AvgIpc) is 3.11. The minimum Gasteiger partial charge on any atom is -0.355 e. The molecule has 0 atom stereocenters. The van der Waals surface area contributed by atoms with E-state index in [2.05, 4.69) is 15.6 Å². The number of pyridine rings is 1. The van der Waals surface area contributed by atoms with Crippen molar-refractivity contribution in [1.82, 2.24) is 9.88 Å². The van der Waals surface area contributed by atoms with Crippen LogP contribution in [0.3, 0.4) is 0 Å². The molecule has 1 saturated heterocycles. The van der Waals surface area contributed by atoms with Gasteiger partial charge in [0.05, 0.1) is 5.56 Å². The number of nitrogens with one attached hydrogen (secondary N) is 2. The Kier molecular flexibility index (Phi) is 7.19. The molecule has 3 aromatic rings. The monoisotopic (exact) mass is 483 g/mol. The summed E-state index contributed by atoms with van der Waals surface area (Å²) < 4.78 is 38.3. The first-order valence-electron chi connectivity index (χ1n) is 11.1. The molecular weight excluding hydrogens is 459 g/mol. The third kappa shape index (κ3) is 6.28. The van der Waals surface area contributed by atoms with E-state index in [0.29, 0.717) is 55.4 Å². The van der Waals surface area contributed by atoms with Crippen LogP contribution in [0.1, 0.15) is 22.3 Å². The van der Waals surface area contributed by atoms with E-state index in [1.54, 1.807) is 41.3 Å². The summed E-state index contributed by atoms with van der Waals surface area (Å²) in [6.07, 6.45) is -2.93. The van der Waals surface area contributed by atoms with Crippen molar-refractivity contribution >= 4 is 29.1 Å². The Morgan fingerprint density at radius 3 is 2.11 bits per heavy atom. The highest BCUT2D eigenvalue weighted by Gasteiger charge is 2.31. The topological polar surface area (TPSA) is 77.6 Å². The minimum absolute atomic E-state index is 0.146. The molecule has 2 N–H and O–H groups in total. The number of para-hydroxylation sites is 1. The number of rotatable bonds is 4. The molecule has 7 nitrogen and oxygen atoms in total. The number of alkyl halides is 3. The Morgan fingerprint density at radius 2 is 1.49 bits per heavy atom. The fraction of sp³-hybridized carbons (Fsp3) is 0.240. The van der Waals surface area contributed by atoms with Crippen molar-refractivity contribution in [2.24, 2.45) is 0 Å². The van der Waals surface area contributed by atoms with Gasteiger partial charge < -0.3 is 20.4 Å². The fourth-order valence-corrected chi connectivity index (χ4v) is 3.78. The maximum absolute atomic E-state index is 13.0. The number of urea groups is 1. The van der Waals surface area contributed by atoms with Crippen LogP contribution in [-0.2, 0) is 6.18 Å². The molecule has 182 valence electrons. The molecule has 3 amide bonds. The van der Waals surface area contributed by atoms with Crippen molar-refractivity contribution < 1.29 is 22.8 Å². The lowest BCUT2D eigenvalue weighted by molar-refractivity contribution is -0.137. The smallest absolute Gasteiger partial charge is 0.355 e. The molecular formula is C25H24F3N5O2. The summed E-state index contributed by atoms with van der Waals surface area (Å²) in [7, 11) is 0. The summed E-state index contributed by atoms with van der Waals surface area (Å²) in [5, 5.41) is 5.45. The largest absolute Gasteiger partial charge is 0.417 e. The standard InChI is InChI=1S/C25H24F3N5O2/c26-25(27,28)19-9-12-22(29-17-19)32-13-4-14-33(16-15-32)23(34)18-7-10-21(11-8-18)31-24(35)30-20-5-2-1-3-6-20/h1-3,5-12,17H,4,13-16H2,(H2,30,31,35). The van der Waals surface area contributed by atoms with Gasteiger partial charge in [-0.25, -0.2) is 9.78 Å². The van der Waals surface area contributed by atoms with Gasteiger partial charge in [0.25, 0.3) is 5.91 Å². The highest BCUT2D eigenvalue weighted by molar-refractivity contribution is 6.00. The first-order chi connectivity index (χ1) is 16.8. The van der Waals surface area contributed by atoms with Crippen molar-refractivity contribution in [3.8, 4) is 0 Å². The van der Waals surface area contributed by atoms with Gasteiger partial charge in [0.15, 0.2) is 0 Å². The minimum atomic E-state index is -4.43. The number of anilines is 3. The SMILES string of the molecule is O=C(Nc1ccccc1)Nc1ccc(C(=O)N2CCCN(c3ccc(C(F)(F)F)cn3)CC2)cc1. The van der Waals surface area contributed by atoms with Crippen LogP contribution in [0.2, 0.25) is 0 Å². The van der Waals surface area contributed by atoms with Crippen LogP contribution < -0.4 is 15.5 Å². The zero-order valence-corrected chi connectivity index (χ0v) is 18.8. The van der Waals surface area contributed by atoms with E-state index in [9.17, 15) is 22.8 Å². The molecule has 1 aliphatic rings. The van der Waals surface area contributed by atoms with Crippen molar-refractivity contribution in [3.63, 3.8) is 0 Å². The van der Waals surface area contributed by atoms with Gasteiger partial charge in [0.2, 0.25) is 0 Å². The van der Waals surface area contributed by atoms with Gasteiger partial charge in [-0.05, 0) is 55.0 Å². The van der Waals surface area contributed by atoms with Crippen LogP contribution in [0.25, 0.3) is 0 Å². The fourth-order valence-electron chi connectivity index (χ4n) is 3.78. The summed E-state index contributed by atoms with van der Waals surface area (Å²) in [5.74, 6) is 0.309. The van der Waals surface area contributed by atoms with Gasteiger partial charge in [-0.1, -0.05) is 18.2 Å². The van der Waals surface area contributed by atoms with Gasteiger partial charge >= 0.3 is 12.2 Å². The van der Waals surface area contributed by atoms with Crippen LogP contribution in [0, 0.1) is 0 Å². The van der Waals surface area contributed by atoms with Gasteiger partial charge in [-0.3, -0.25) is 4.79 Å². The number of nitrogens with zero attached hydrogens (tertiary/aromatic N) is 3. The van der Waals surface area contributed by atoms with Crippen LogP contribution in [0.15, 0.2) is 72.9 Å². The maximum atomic E-state index is 13.0. The van der Waals surface area contributed by atoms with E-state index in [1.165, 1.54) is 6.07 Å². The van der Waals surface area contributed by atoms with Crippen LogP contribution >= 0.6 is 0 Å². The second-order valence-electron chi connectivity index (χ2n) is 8.06. The Balaban J connectivity index is 1.32. The Hall–Kier alpha value is -4.08. The molecule has 0 radical (unpaired) electrons. The predicted octanol–water partition coefficient (Wildman–Crippen LogP) is 5.10. The van der Waals surface area contributed by atoms with Crippen molar-refractivity contribution in [3.05, 3.63) is 84.1 Å². The Bertz CT molecular complexity index is 1150. The second kappa shape index (κ2) is 10.5. The van der Waals surface area contributed by atoms with E-state index in [-0.39, 0.29) is 11.9 Å². The van der Waals surface area contributed by atoms with Crippen molar-refractivity contribution in [1.29, 1.82) is 0 Å². The molecule has 0 saturated carbocycles. The molecule has 35 heavy (non-hydrogen) atoms. The molecule has 0 bridgehead atoms. The Labute approximate surface area is 200 Å². The second-order valence-corrected chi connectivity index (χ2v) is 8.06. The third-order valence-electron chi connectivity index (χ3n) is 5.60. The van der Waals surface area contributed by atoms with Crippen LogP contribution in [0.4, 0.5) is 35.2 Å². The van der Waals surface area contributed by atoms with Gasteiger partial charge in [0.1, 0.15) is 5.82 Å². The summed E-state index contributed by atoms with van der Waals surface area (Å²) in [4.78, 5) is 32.7. The van der Waals surface area contributed by atoms with E-state index >= 15 is 0 Å². The van der Waals surface area contributed by atoms with E-state index in [4.69, 9.17) is 0 Å². The zero-order chi connectivity index (χ0) is 24.8. The highest BCUT2D eigenvalue weighted by Crippen LogP contribution is 2.29. The van der Waals surface area contributed by atoms with Gasteiger partial charge in [-0.15, -0.1) is 0 Å². The van der Waals surface area contributed by atoms with E-state index in [0.717, 1.165) is 12.3 Å². The normalized spacial score (nSPS) is 14.3. The van der Waals surface area contributed by atoms with Crippen LogP contribution in [0.5, 0.6) is 0 Å². The lowest BCUT2D eigenvalue weighted by Crippen LogP contribution is -2.35. The highest BCUT2D eigenvalue weighted by atomic mass is 19.4. The first kappa shape index (κ1) is 24.1. The number of amides is 3. The molecule has 0 spiro atoms. The number of benzene rings is 2. The van der Waals surface area contributed by atoms with E-state index < -0.39 is 11.7 Å². The molecule has 4 rings (SSSR count). The summed E-state index contributed by atoms with van der Waals surface area (Å²) in [6, 6.07) is 17.7. The maximum Gasteiger partial charge on any atom is 0.417 e. The molecule has 10 heteroatoms. The molecule has 0 aliphatic carbocycles. The average molecular weight is 483 g/mol. The van der Waals surface area contributed by atoms with Crippen LogP contribution in [-0.4, -0.2) is 48.0 Å². The molecule has 1 aliphatic heterocycles. The summed E-state index contributed by atoms with van der Waals surface area (Å²) in [6.45, 7) is 1.99. The number of carbonyl (C=O) groups excluding carboxylic acids is 2. The van der Waals surface area contributed by atoms with Crippen molar-refractivity contribution in [2.75, 3.05) is 41.7 Å². The van der Waals surface area contributed by atoms with E-state index in [1.807, 2.05) is 23.1 Å². The number of aromatic nitrogens is 1. The number of hydrogen-bond acceptors (Lipinski definition) is 4. The molecule has 1 aromatic heterocycles. The Morgan fingerprint density at radius 1 is 0.800 bits per heavy atom. The predicted molar refractivity (Wildman–Crippen MR) is 127 cm³/mol. The molecule has 2 aromatic carbocycles. The zero-order valence-electron chi connectivity index (χ0n) is 18.8. The number of carbonyl (C=O) groups is 2. The van der Waals surface area contributed by atoms with Gasteiger partial charge in [-0.2, -0.15) is 13.2 Å². The summed E-state index contributed by atoms with van der Waals surface area (Å²) >= 11 is 0. The molecule has 0 unspecified atom stereocenters. The lowest BCUT2D eigenvalue weighted by atomic mass is 10.1. The number of hydrogen-bond donors (Lipinski definition) is 2.